The quantitative estimate of drug-likeness (QED) is 0.692. The van der Waals surface area contributed by atoms with Crippen LogP contribution in [0.25, 0.3) is 0 Å². The van der Waals surface area contributed by atoms with Crippen molar-refractivity contribution in [2.24, 2.45) is 0 Å². The van der Waals surface area contributed by atoms with Crippen LogP contribution in [0.5, 0.6) is 11.5 Å². The number of amides is 2. The summed E-state index contributed by atoms with van der Waals surface area (Å²) in [6.45, 7) is 1.93. The van der Waals surface area contributed by atoms with Crippen LogP contribution in [0.15, 0.2) is 66.7 Å². The van der Waals surface area contributed by atoms with Gasteiger partial charge in [-0.15, -0.1) is 0 Å². The molecule has 0 aromatic heterocycles. The highest BCUT2D eigenvalue weighted by atomic mass is 16.5. The molecule has 0 bridgehead atoms. The molecule has 158 valence electrons. The molecule has 1 heterocycles. The van der Waals surface area contributed by atoms with Gasteiger partial charge in [-0.2, -0.15) is 0 Å². The molecule has 1 N–H and O–H groups in total. The third-order valence-corrected chi connectivity index (χ3v) is 5.41. The topological polar surface area (TPSA) is 67.9 Å². The van der Waals surface area contributed by atoms with Gasteiger partial charge >= 0.3 is 0 Å². The van der Waals surface area contributed by atoms with Crippen molar-refractivity contribution in [1.82, 2.24) is 4.90 Å². The van der Waals surface area contributed by atoms with Crippen molar-refractivity contribution >= 4 is 17.5 Å². The van der Waals surface area contributed by atoms with Gasteiger partial charge in [-0.25, -0.2) is 0 Å². The molecule has 0 saturated carbocycles. The summed E-state index contributed by atoms with van der Waals surface area (Å²) >= 11 is 0. The molecule has 0 spiro atoms. The number of hydrogen-bond acceptors (Lipinski definition) is 4. The average Bonchev–Trinajstić information content (AvgIpc) is 2.94. The Balaban J connectivity index is 1.86. The number of ether oxygens (including phenoxy) is 2. The second-order valence-corrected chi connectivity index (χ2v) is 7.45. The van der Waals surface area contributed by atoms with Crippen LogP contribution in [0, 0.1) is 6.92 Å². The van der Waals surface area contributed by atoms with Crippen LogP contribution >= 0.6 is 0 Å². The van der Waals surface area contributed by atoms with Gasteiger partial charge in [-0.1, -0.05) is 48.0 Å². The van der Waals surface area contributed by atoms with Crippen molar-refractivity contribution in [1.29, 1.82) is 0 Å². The van der Waals surface area contributed by atoms with Crippen molar-refractivity contribution in [2.45, 2.75) is 13.0 Å². The zero-order chi connectivity index (χ0) is 22.0. The van der Waals surface area contributed by atoms with Gasteiger partial charge in [-0.05, 0) is 36.8 Å². The van der Waals surface area contributed by atoms with Crippen LogP contribution in [0.4, 0.5) is 5.69 Å². The highest BCUT2D eigenvalue weighted by molar-refractivity contribution is 6.01. The van der Waals surface area contributed by atoms with Crippen LogP contribution in [0.2, 0.25) is 0 Å². The van der Waals surface area contributed by atoms with Gasteiger partial charge in [0.05, 0.1) is 20.3 Å². The standard InChI is InChI=1S/C25H24N2O4/c1-16-9-11-20-19(13-16)24(17-7-5-4-6-8-17)27(15-23(28)26-20)25(29)18-10-12-21(30-2)22(14-18)31-3/h4-14,24H,15H2,1-3H3,(H,26,28)/t24-/m0/s1. The van der Waals surface area contributed by atoms with Gasteiger partial charge in [0.15, 0.2) is 11.5 Å². The average molecular weight is 416 g/mol. The summed E-state index contributed by atoms with van der Waals surface area (Å²) in [6, 6.07) is 20.2. The molecule has 1 aliphatic heterocycles. The van der Waals surface area contributed by atoms with Crippen LogP contribution in [-0.2, 0) is 4.79 Å². The maximum Gasteiger partial charge on any atom is 0.255 e. The van der Waals surface area contributed by atoms with E-state index in [2.05, 4.69) is 5.32 Å². The van der Waals surface area contributed by atoms with E-state index in [-0.39, 0.29) is 18.4 Å². The second-order valence-electron chi connectivity index (χ2n) is 7.45. The summed E-state index contributed by atoms with van der Waals surface area (Å²) in [5, 5.41) is 2.95. The van der Waals surface area contributed by atoms with E-state index in [0.29, 0.717) is 22.7 Å². The molecule has 6 heteroatoms. The normalized spacial score (nSPS) is 15.5. The summed E-state index contributed by atoms with van der Waals surface area (Å²) in [6.07, 6.45) is 0. The van der Waals surface area contributed by atoms with E-state index in [0.717, 1.165) is 16.7 Å². The number of aryl methyl sites for hydroxylation is 1. The first-order valence-corrected chi connectivity index (χ1v) is 10.00. The van der Waals surface area contributed by atoms with E-state index in [4.69, 9.17) is 9.47 Å². The monoisotopic (exact) mass is 416 g/mol. The zero-order valence-corrected chi connectivity index (χ0v) is 17.7. The number of anilines is 1. The van der Waals surface area contributed by atoms with Crippen LogP contribution in [0.1, 0.15) is 33.1 Å². The number of carbonyl (C=O) groups excluding carboxylic acids is 2. The smallest absolute Gasteiger partial charge is 0.255 e. The third kappa shape index (κ3) is 3.97. The SMILES string of the molecule is COc1ccc(C(=O)N2CC(=O)Nc3ccc(C)cc3[C@@H]2c2ccccc2)cc1OC. The molecule has 0 fully saturated rings. The van der Waals surface area contributed by atoms with Gasteiger partial charge in [0.1, 0.15) is 6.54 Å². The Morgan fingerprint density at radius 2 is 1.71 bits per heavy atom. The predicted molar refractivity (Wildman–Crippen MR) is 119 cm³/mol. The summed E-state index contributed by atoms with van der Waals surface area (Å²) in [4.78, 5) is 28.0. The molecular weight excluding hydrogens is 392 g/mol. The molecule has 4 rings (SSSR count). The van der Waals surface area contributed by atoms with Gasteiger partial charge in [-0.3, -0.25) is 9.59 Å². The number of fused-ring (bicyclic) bond motifs is 1. The lowest BCUT2D eigenvalue weighted by atomic mass is 9.94. The Morgan fingerprint density at radius 1 is 0.968 bits per heavy atom. The Bertz CT molecular complexity index is 1130. The molecule has 31 heavy (non-hydrogen) atoms. The number of methoxy groups -OCH3 is 2. The molecule has 3 aromatic rings. The number of hydrogen-bond donors (Lipinski definition) is 1. The summed E-state index contributed by atoms with van der Waals surface area (Å²) < 4.78 is 10.7. The minimum Gasteiger partial charge on any atom is -0.493 e. The molecule has 6 nitrogen and oxygen atoms in total. The van der Waals surface area contributed by atoms with Crippen molar-refractivity contribution in [2.75, 3.05) is 26.1 Å². The molecule has 3 aromatic carbocycles. The van der Waals surface area contributed by atoms with E-state index in [1.165, 1.54) is 7.11 Å². The van der Waals surface area contributed by atoms with Crippen LogP contribution in [0.3, 0.4) is 0 Å². The maximum atomic E-state index is 13.7. The first-order valence-electron chi connectivity index (χ1n) is 10.00. The lowest BCUT2D eigenvalue weighted by Gasteiger charge is -2.31. The molecule has 0 radical (unpaired) electrons. The first kappa shape index (κ1) is 20.5. The van der Waals surface area contributed by atoms with E-state index >= 15 is 0 Å². The molecule has 0 saturated heterocycles. The Morgan fingerprint density at radius 3 is 2.42 bits per heavy atom. The van der Waals surface area contributed by atoms with E-state index in [9.17, 15) is 9.59 Å². The number of benzene rings is 3. The van der Waals surface area contributed by atoms with Gasteiger partial charge < -0.3 is 19.7 Å². The minimum atomic E-state index is -0.421. The molecule has 0 aliphatic carbocycles. The Labute approximate surface area is 181 Å². The zero-order valence-electron chi connectivity index (χ0n) is 17.7. The highest BCUT2D eigenvalue weighted by Crippen LogP contribution is 2.38. The summed E-state index contributed by atoms with van der Waals surface area (Å²) in [5.74, 6) is 0.491. The summed E-state index contributed by atoms with van der Waals surface area (Å²) in [7, 11) is 3.07. The fraction of sp³-hybridized carbons (Fsp3) is 0.200. The minimum absolute atomic E-state index is 0.0690. The number of nitrogens with zero attached hydrogens (tertiary/aromatic N) is 1. The fourth-order valence-electron chi connectivity index (χ4n) is 3.94. The van der Waals surface area contributed by atoms with Crippen LogP contribution < -0.4 is 14.8 Å². The molecule has 1 aliphatic rings. The highest BCUT2D eigenvalue weighted by Gasteiger charge is 2.34. The van der Waals surface area contributed by atoms with Crippen molar-refractivity contribution in [3.8, 4) is 11.5 Å². The van der Waals surface area contributed by atoms with E-state index in [1.54, 1.807) is 30.2 Å². The van der Waals surface area contributed by atoms with Crippen molar-refractivity contribution in [3.63, 3.8) is 0 Å². The first-order chi connectivity index (χ1) is 15.0. The lowest BCUT2D eigenvalue weighted by molar-refractivity contribution is -0.117. The summed E-state index contributed by atoms with van der Waals surface area (Å²) in [5.41, 5.74) is 3.99. The van der Waals surface area contributed by atoms with E-state index in [1.807, 2.05) is 55.5 Å². The lowest BCUT2D eigenvalue weighted by Crippen LogP contribution is -2.39. The number of carbonyl (C=O) groups is 2. The third-order valence-electron chi connectivity index (χ3n) is 5.41. The van der Waals surface area contributed by atoms with Crippen LogP contribution in [-0.4, -0.2) is 37.5 Å². The number of rotatable bonds is 4. The Kier molecular flexibility index (Phi) is 5.62. The van der Waals surface area contributed by atoms with Gasteiger partial charge in [0.25, 0.3) is 5.91 Å². The number of nitrogens with one attached hydrogen (secondary N) is 1. The molecule has 1 atom stereocenters. The largest absolute Gasteiger partial charge is 0.493 e. The predicted octanol–water partition coefficient (Wildman–Crippen LogP) is 4.20. The Hall–Kier alpha value is -3.80. The van der Waals surface area contributed by atoms with Gasteiger partial charge in [0, 0.05) is 16.8 Å². The van der Waals surface area contributed by atoms with Crippen molar-refractivity contribution < 1.29 is 19.1 Å². The fourth-order valence-corrected chi connectivity index (χ4v) is 3.94. The molecule has 2 amide bonds. The molecule has 0 unspecified atom stereocenters. The molecular formula is C25H24N2O4. The van der Waals surface area contributed by atoms with Crippen molar-refractivity contribution in [3.05, 3.63) is 89.0 Å². The van der Waals surface area contributed by atoms with Gasteiger partial charge in [0.2, 0.25) is 5.91 Å². The second kappa shape index (κ2) is 8.52. The van der Waals surface area contributed by atoms with E-state index < -0.39 is 6.04 Å². The maximum absolute atomic E-state index is 13.7.